The summed E-state index contributed by atoms with van der Waals surface area (Å²) < 4.78 is 14.2. The second-order valence-corrected chi connectivity index (χ2v) is 5.39. The summed E-state index contributed by atoms with van der Waals surface area (Å²) in [6.45, 7) is 0. The summed E-state index contributed by atoms with van der Waals surface area (Å²) in [5.74, 6) is 0.652. The van der Waals surface area contributed by atoms with E-state index in [1.807, 2.05) is 7.05 Å². The first-order chi connectivity index (χ1) is 7.70. The first kappa shape index (κ1) is 12.1. The molecule has 1 nitrogen and oxygen atoms in total. The maximum Gasteiger partial charge on any atom is 0.123 e. The van der Waals surface area contributed by atoms with Crippen LogP contribution in [0.1, 0.15) is 37.3 Å². The topological polar surface area (TPSA) is 12.0 Å². The predicted octanol–water partition coefficient (Wildman–Crippen LogP) is 4.04. The number of halogens is 2. The largest absolute Gasteiger partial charge is 0.313 e. The zero-order valence-electron chi connectivity index (χ0n) is 9.47. The van der Waals surface area contributed by atoms with Crippen molar-refractivity contribution >= 4 is 15.9 Å². The smallest absolute Gasteiger partial charge is 0.123 e. The maximum atomic E-state index is 13.2. The van der Waals surface area contributed by atoms with Gasteiger partial charge in [0.25, 0.3) is 0 Å². The average molecular weight is 286 g/mol. The fourth-order valence-electron chi connectivity index (χ4n) is 2.24. The number of hydrogen-bond donors (Lipinski definition) is 1. The predicted molar refractivity (Wildman–Crippen MR) is 67.9 cm³/mol. The molecule has 0 aliphatic heterocycles. The molecule has 2 rings (SSSR count). The van der Waals surface area contributed by atoms with Gasteiger partial charge in [-0.3, -0.25) is 0 Å². The Balaban J connectivity index is 2.14. The molecule has 0 saturated heterocycles. The highest BCUT2D eigenvalue weighted by molar-refractivity contribution is 9.10. The molecular formula is C13H17BrFN. The van der Waals surface area contributed by atoms with Crippen LogP contribution in [0.3, 0.4) is 0 Å². The van der Waals surface area contributed by atoms with E-state index in [1.165, 1.54) is 25.3 Å². The highest BCUT2D eigenvalue weighted by atomic mass is 79.9. The molecule has 0 heterocycles. The maximum absolute atomic E-state index is 13.2. The lowest BCUT2D eigenvalue weighted by Gasteiger charge is -2.30. The van der Waals surface area contributed by atoms with Gasteiger partial charge in [0.15, 0.2) is 0 Å². The highest BCUT2D eigenvalue weighted by Gasteiger charge is 2.23. The molecule has 1 aromatic carbocycles. The van der Waals surface area contributed by atoms with Crippen LogP contribution < -0.4 is 5.32 Å². The van der Waals surface area contributed by atoms with Crippen molar-refractivity contribution in [3.8, 4) is 0 Å². The van der Waals surface area contributed by atoms with Gasteiger partial charge < -0.3 is 5.32 Å². The van der Waals surface area contributed by atoms with E-state index in [0.717, 1.165) is 22.4 Å². The molecule has 1 unspecified atom stereocenters. The standard InChI is InChI=1S/C13H17BrFN/c1-16-13(7-9-3-2-4-9)11-8-10(15)5-6-12(11)14/h5-6,8-9,13,16H,2-4,7H2,1H3. The van der Waals surface area contributed by atoms with Crippen molar-refractivity contribution in [2.24, 2.45) is 5.92 Å². The second kappa shape index (κ2) is 5.28. The molecule has 0 bridgehead atoms. The van der Waals surface area contributed by atoms with Crippen LogP contribution in [0.15, 0.2) is 22.7 Å². The molecule has 1 fully saturated rings. The van der Waals surface area contributed by atoms with Gasteiger partial charge in [0, 0.05) is 10.5 Å². The van der Waals surface area contributed by atoms with Crippen LogP contribution in [0.4, 0.5) is 4.39 Å². The normalized spacial score (nSPS) is 18.2. The van der Waals surface area contributed by atoms with Crippen molar-refractivity contribution in [3.63, 3.8) is 0 Å². The summed E-state index contributed by atoms with van der Waals surface area (Å²) in [6.07, 6.45) is 5.11. The Hall–Kier alpha value is -0.410. The van der Waals surface area contributed by atoms with Gasteiger partial charge in [0.05, 0.1) is 0 Å². The molecule has 1 aliphatic carbocycles. The Labute approximate surface area is 105 Å². The first-order valence-electron chi connectivity index (χ1n) is 5.83. The van der Waals surface area contributed by atoms with Gasteiger partial charge in [-0.15, -0.1) is 0 Å². The van der Waals surface area contributed by atoms with Gasteiger partial charge in [0.2, 0.25) is 0 Å². The molecule has 0 spiro atoms. The Morgan fingerprint density at radius 1 is 1.50 bits per heavy atom. The fraction of sp³-hybridized carbons (Fsp3) is 0.538. The van der Waals surface area contributed by atoms with Gasteiger partial charge in [-0.1, -0.05) is 35.2 Å². The van der Waals surface area contributed by atoms with Crippen LogP contribution in [-0.2, 0) is 0 Å². The van der Waals surface area contributed by atoms with Gasteiger partial charge in [0.1, 0.15) is 5.82 Å². The molecule has 88 valence electrons. The summed E-state index contributed by atoms with van der Waals surface area (Å²) in [4.78, 5) is 0. The quantitative estimate of drug-likeness (QED) is 0.881. The van der Waals surface area contributed by atoms with Crippen LogP contribution >= 0.6 is 15.9 Å². The Bertz CT molecular complexity index is 363. The molecule has 16 heavy (non-hydrogen) atoms. The number of benzene rings is 1. The molecule has 0 radical (unpaired) electrons. The van der Waals surface area contributed by atoms with Crippen molar-refractivity contribution < 1.29 is 4.39 Å². The second-order valence-electron chi connectivity index (χ2n) is 4.54. The molecule has 1 atom stereocenters. The molecule has 1 saturated carbocycles. The minimum atomic E-state index is -0.160. The van der Waals surface area contributed by atoms with Crippen molar-refractivity contribution in [2.75, 3.05) is 7.05 Å². The molecule has 3 heteroatoms. The minimum Gasteiger partial charge on any atom is -0.313 e. The van der Waals surface area contributed by atoms with E-state index in [-0.39, 0.29) is 11.9 Å². The van der Waals surface area contributed by atoms with Crippen LogP contribution in [0.5, 0.6) is 0 Å². The molecule has 1 N–H and O–H groups in total. The third-order valence-electron chi connectivity index (χ3n) is 3.48. The van der Waals surface area contributed by atoms with Crippen LogP contribution in [-0.4, -0.2) is 7.05 Å². The molecule has 1 aromatic rings. The van der Waals surface area contributed by atoms with E-state index in [0.29, 0.717) is 0 Å². The third-order valence-corrected chi connectivity index (χ3v) is 4.20. The molecule has 1 aliphatic rings. The fourth-order valence-corrected chi connectivity index (χ4v) is 2.77. The monoisotopic (exact) mass is 285 g/mol. The van der Waals surface area contributed by atoms with Gasteiger partial charge >= 0.3 is 0 Å². The highest BCUT2D eigenvalue weighted by Crippen LogP contribution is 2.36. The molecule has 0 aromatic heterocycles. The minimum absolute atomic E-state index is 0.160. The summed E-state index contributed by atoms with van der Waals surface area (Å²) >= 11 is 3.50. The lowest BCUT2D eigenvalue weighted by atomic mass is 9.79. The number of nitrogens with one attached hydrogen (secondary N) is 1. The van der Waals surface area contributed by atoms with E-state index < -0.39 is 0 Å². The average Bonchev–Trinajstić information content (AvgIpc) is 2.21. The zero-order valence-corrected chi connectivity index (χ0v) is 11.1. The van der Waals surface area contributed by atoms with E-state index in [9.17, 15) is 4.39 Å². The van der Waals surface area contributed by atoms with Crippen molar-refractivity contribution in [3.05, 3.63) is 34.1 Å². The lowest BCUT2D eigenvalue weighted by Crippen LogP contribution is -2.23. The summed E-state index contributed by atoms with van der Waals surface area (Å²) in [6, 6.07) is 5.17. The first-order valence-corrected chi connectivity index (χ1v) is 6.62. The van der Waals surface area contributed by atoms with E-state index >= 15 is 0 Å². The van der Waals surface area contributed by atoms with E-state index in [1.54, 1.807) is 12.1 Å². The van der Waals surface area contributed by atoms with Crippen molar-refractivity contribution in [1.29, 1.82) is 0 Å². The SMILES string of the molecule is CNC(CC1CCC1)c1cc(F)ccc1Br. The van der Waals surface area contributed by atoms with E-state index in [2.05, 4.69) is 21.2 Å². The summed E-state index contributed by atoms with van der Waals surface area (Å²) in [7, 11) is 1.95. The van der Waals surface area contributed by atoms with Crippen molar-refractivity contribution in [1.82, 2.24) is 5.32 Å². The third kappa shape index (κ3) is 2.64. The summed E-state index contributed by atoms with van der Waals surface area (Å²) in [5.41, 5.74) is 1.04. The lowest BCUT2D eigenvalue weighted by molar-refractivity contribution is 0.265. The van der Waals surface area contributed by atoms with Crippen LogP contribution in [0.2, 0.25) is 0 Å². The van der Waals surface area contributed by atoms with E-state index in [4.69, 9.17) is 0 Å². The number of hydrogen-bond acceptors (Lipinski definition) is 1. The number of rotatable bonds is 4. The van der Waals surface area contributed by atoms with Gasteiger partial charge in [-0.05, 0) is 43.1 Å². The Morgan fingerprint density at radius 3 is 2.81 bits per heavy atom. The molecule has 0 amide bonds. The van der Waals surface area contributed by atoms with Gasteiger partial charge in [-0.25, -0.2) is 4.39 Å². The Kier molecular flexibility index (Phi) is 3.98. The van der Waals surface area contributed by atoms with Crippen LogP contribution in [0.25, 0.3) is 0 Å². The Morgan fingerprint density at radius 2 is 2.25 bits per heavy atom. The zero-order chi connectivity index (χ0) is 11.5. The van der Waals surface area contributed by atoms with Crippen LogP contribution in [0, 0.1) is 11.7 Å². The summed E-state index contributed by atoms with van der Waals surface area (Å²) in [5, 5.41) is 3.29. The van der Waals surface area contributed by atoms with Crippen molar-refractivity contribution in [2.45, 2.75) is 31.7 Å². The van der Waals surface area contributed by atoms with Gasteiger partial charge in [-0.2, -0.15) is 0 Å². The molecular weight excluding hydrogens is 269 g/mol.